The Balaban J connectivity index is 1.17. The van der Waals surface area contributed by atoms with Gasteiger partial charge in [-0.25, -0.2) is 12.8 Å². The summed E-state index contributed by atoms with van der Waals surface area (Å²) in [7, 11) is -3.75. The number of carbonyl (C=O) groups excluding carboxylic acids is 3. The van der Waals surface area contributed by atoms with Crippen LogP contribution in [0, 0.1) is 5.82 Å². The molecule has 4 aliphatic heterocycles. The predicted molar refractivity (Wildman–Crippen MR) is 126 cm³/mol. The van der Waals surface area contributed by atoms with Crippen LogP contribution >= 0.6 is 0 Å². The van der Waals surface area contributed by atoms with E-state index in [1.165, 1.54) is 27.4 Å². The highest BCUT2D eigenvalue weighted by Gasteiger charge is 2.40. The molecule has 1 atom stereocenters. The smallest absolute Gasteiger partial charge is 0.255 e. The quantitative estimate of drug-likeness (QED) is 0.600. The molecule has 2 fully saturated rings. The molecular formula is C25H24FN3O7S. The second-order valence-corrected chi connectivity index (χ2v) is 11.6. The molecule has 1 N–H and O–H groups in total. The van der Waals surface area contributed by atoms with Crippen molar-refractivity contribution >= 4 is 27.7 Å². The highest BCUT2D eigenvalue weighted by atomic mass is 32.2. The first kappa shape index (κ1) is 23.9. The molecule has 3 amide bonds. The SMILES string of the molecule is O=C1CCC(N2Cc3cc(C4CCN(S(=O)(=O)c5ccc6c(c5)OCO6)CC4)c(F)cc3C2=O)C(=O)N1. The Kier molecular flexibility index (Phi) is 5.68. The van der Waals surface area contributed by atoms with Crippen LogP contribution in [0.5, 0.6) is 11.5 Å². The molecule has 6 rings (SSSR count). The maximum atomic E-state index is 15.2. The Bertz CT molecular complexity index is 1440. The Hall–Kier alpha value is -3.51. The zero-order valence-electron chi connectivity index (χ0n) is 19.7. The van der Waals surface area contributed by atoms with Crippen molar-refractivity contribution in [2.24, 2.45) is 0 Å². The van der Waals surface area contributed by atoms with Gasteiger partial charge in [0.1, 0.15) is 11.9 Å². The van der Waals surface area contributed by atoms with E-state index < -0.39 is 33.7 Å². The van der Waals surface area contributed by atoms with Crippen molar-refractivity contribution in [3.05, 3.63) is 52.8 Å². The molecule has 0 radical (unpaired) electrons. The van der Waals surface area contributed by atoms with Gasteiger partial charge in [-0.15, -0.1) is 0 Å². The minimum Gasteiger partial charge on any atom is -0.454 e. The van der Waals surface area contributed by atoms with Crippen molar-refractivity contribution in [2.45, 2.75) is 49.1 Å². The summed E-state index contributed by atoms with van der Waals surface area (Å²) in [5.41, 5.74) is 1.28. The van der Waals surface area contributed by atoms with Crippen molar-refractivity contribution in [3.63, 3.8) is 0 Å². The molecular weight excluding hydrogens is 505 g/mol. The van der Waals surface area contributed by atoms with Crippen molar-refractivity contribution in [2.75, 3.05) is 19.9 Å². The van der Waals surface area contributed by atoms with Crippen LogP contribution in [0.3, 0.4) is 0 Å². The number of carbonyl (C=O) groups is 3. The van der Waals surface area contributed by atoms with E-state index in [1.54, 1.807) is 12.1 Å². The van der Waals surface area contributed by atoms with Gasteiger partial charge in [0.05, 0.1) is 4.90 Å². The lowest BCUT2D eigenvalue weighted by atomic mass is 9.88. The molecule has 37 heavy (non-hydrogen) atoms. The molecule has 2 aromatic carbocycles. The molecule has 0 spiro atoms. The zero-order chi connectivity index (χ0) is 25.9. The molecule has 2 saturated heterocycles. The topological polar surface area (TPSA) is 122 Å². The average Bonchev–Trinajstić information content (AvgIpc) is 3.48. The van der Waals surface area contributed by atoms with Gasteiger partial charge >= 0.3 is 0 Å². The second-order valence-electron chi connectivity index (χ2n) is 9.62. The molecule has 4 aliphatic rings. The van der Waals surface area contributed by atoms with Crippen molar-refractivity contribution < 1.29 is 36.7 Å². The Morgan fingerprint density at radius 1 is 0.973 bits per heavy atom. The number of sulfonamides is 1. The van der Waals surface area contributed by atoms with Crippen molar-refractivity contribution in [1.82, 2.24) is 14.5 Å². The lowest BCUT2D eigenvalue weighted by Crippen LogP contribution is -2.52. The lowest BCUT2D eigenvalue weighted by Gasteiger charge is -2.31. The third-order valence-corrected chi connectivity index (χ3v) is 9.41. The van der Waals surface area contributed by atoms with Gasteiger partial charge in [0.2, 0.25) is 28.6 Å². The summed E-state index contributed by atoms with van der Waals surface area (Å²) in [5.74, 6) is -1.17. The fraction of sp³-hybridized carbons (Fsp3) is 0.400. The molecule has 0 aliphatic carbocycles. The van der Waals surface area contributed by atoms with Crippen LogP contribution in [-0.2, 0) is 26.2 Å². The van der Waals surface area contributed by atoms with Crippen LogP contribution in [-0.4, -0.2) is 61.3 Å². The Morgan fingerprint density at radius 2 is 1.73 bits per heavy atom. The Morgan fingerprint density at radius 3 is 2.49 bits per heavy atom. The summed E-state index contributed by atoms with van der Waals surface area (Å²) in [6.45, 7) is 0.650. The van der Waals surface area contributed by atoms with E-state index in [0.717, 1.165) is 0 Å². The summed E-state index contributed by atoms with van der Waals surface area (Å²) in [4.78, 5) is 38.2. The largest absolute Gasteiger partial charge is 0.454 e. The van der Waals surface area contributed by atoms with Gasteiger partial charge in [0, 0.05) is 37.7 Å². The van der Waals surface area contributed by atoms with Gasteiger partial charge in [-0.1, -0.05) is 6.07 Å². The summed E-state index contributed by atoms with van der Waals surface area (Å²) >= 11 is 0. The van der Waals surface area contributed by atoms with E-state index in [9.17, 15) is 22.8 Å². The van der Waals surface area contributed by atoms with Crippen molar-refractivity contribution in [1.29, 1.82) is 0 Å². The van der Waals surface area contributed by atoms with Gasteiger partial charge in [-0.2, -0.15) is 4.31 Å². The summed E-state index contributed by atoms with van der Waals surface area (Å²) < 4.78 is 53.5. The number of nitrogens with zero attached hydrogens (tertiary/aromatic N) is 2. The third-order valence-electron chi connectivity index (χ3n) is 7.52. The van der Waals surface area contributed by atoms with Gasteiger partial charge in [0.25, 0.3) is 5.91 Å². The minimum absolute atomic E-state index is 0.0491. The number of amides is 3. The molecule has 4 heterocycles. The molecule has 12 heteroatoms. The normalized spacial score (nSPS) is 22.4. The van der Waals surface area contributed by atoms with Crippen LogP contribution in [0.15, 0.2) is 35.2 Å². The number of hydrogen-bond acceptors (Lipinski definition) is 7. The lowest BCUT2D eigenvalue weighted by molar-refractivity contribution is -0.136. The van der Waals surface area contributed by atoms with E-state index >= 15 is 4.39 Å². The van der Waals surface area contributed by atoms with E-state index in [-0.39, 0.29) is 61.6 Å². The number of piperidine rings is 2. The average molecular weight is 530 g/mol. The van der Waals surface area contributed by atoms with Crippen LogP contribution in [0.25, 0.3) is 0 Å². The van der Waals surface area contributed by atoms with Gasteiger partial charge in [-0.05, 0) is 54.5 Å². The summed E-state index contributed by atoms with van der Waals surface area (Å²) in [5, 5.41) is 2.26. The monoisotopic (exact) mass is 529 g/mol. The van der Waals surface area contributed by atoms with E-state index in [0.29, 0.717) is 35.5 Å². The fourth-order valence-corrected chi connectivity index (χ4v) is 7.00. The number of imide groups is 1. The highest BCUT2D eigenvalue weighted by Crippen LogP contribution is 2.38. The number of benzene rings is 2. The van der Waals surface area contributed by atoms with Gasteiger partial charge in [0.15, 0.2) is 11.5 Å². The van der Waals surface area contributed by atoms with E-state index in [4.69, 9.17) is 9.47 Å². The van der Waals surface area contributed by atoms with Gasteiger partial charge in [-0.3, -0.25) is 19.7 Å². The molecule has 194 valence electrons. The summed E-state index contributed by atoms with van der Waals surface area (Å²) in [6, 6.07) is 6.63. The number of rotatable bonds is 4. The molecule has 2 aromatic rings. The van der Waals surface area contributed by atoms with Crippen LogP contribution in [0.1, 0.15) is 53.1 Å². The summed E-state index contributed by atoms with van der Waals surface area (Å²) in [6.07, 6.45) is 1.22. The fourth-order valence-electron chi connectivity index (χ4n) is 5.51. The molecule has 0 saturated carbocycles. The number of hydrogen-bond donors (Lipinski definition) is 1. The maximum Gasteiger partial charge on any atom is 0.255 e. The molecule has 10 nitrogen and oxygen atoms in total. The molecule has 0 aromatic heterocycles. The highest BCUT2D eigenvalue weighted by molar-refractivity contribution is 7.89. The van der Waals surface area contributed by atoms with Crippen molar-refractivity contribution in [3.8, 4) is 11.5 Å². The van der Waals surface area contributed by atoms with E-state index in [2.05, 4.69) is 5.32 Å². The minimum atomic E-state index is -3.75. The molecule has 1 unspecified atom stereocenters. The van der Waals surface area contributed by atoms with E-state index in [1.807, 2.05) is 0 Å². The number of fused-ring (bicyclic) bond motifs is 2. The zero-order valence-corrected chi connectivity index (χ0v) is 20.6. The number of halogens is 1. The third kappa shape index (κ3) is 4.04. The van der Waals surface area contributed by atoms with Crippen LogP contribution < -0.4 is 14.8 Å². The van der Waals surface area contributed by atoms with Crippen LogP contribution in [0.4, 0.5) is 4.39 Å². The first-order valence-electron chi connectivity index (χ1n) is 12.1. The predicted octanol–water partition coefficient (Wildman–Crippen LogP) is 1.88. The molecule has 0 bridgehead atoms. The number of ether oxygens (including phenoxy) is 2. The second kappa shape index (κ2) is 8.80. The standard InChI is InChI=1S/C25H24FN3O7S/c26-19-11-18-15(12-29(25(18)32)20-2-4-23(30)27-24(20)31)9-17(19)14-5-7-28(8-6-14)37(33,34)16-1-3-21-22(10-16)36-13-35-21/h1,3,9-11,14,20H,2,4-8,12-13H2,(H,27,30,31). The van der Waals surface area contributed by atoms with Crippen LogP contribution in [0.2, 0.25) is 0 Å². The first-order valence-corrected chi connectivity index (χ1v) is 13.5. The van der Waals surface area contributed by atoms with Gasteiger partial charge < -0.3 is 14.4 Å². The first-order chi connectivity index (χ1) is 17.7. The Labute approximate surface area is 212 Å². The number of nitrogens with one attached hydrogen (secondary N) is 1. The maximum absolute atomic E-state index is 15.2.